The molecule has 1 aliphatic carbocycles. The summed E-state index contributed by atoms with van der Waals surface area (Å²) in [6.45, 7) is 3.02. The van der Waals surface area contributed by atoms with Gasteiger partial charge in [-0.3, -0.25) is 9.97 Å². The van der Waals surface area contributed by atoms with Crippen molar-refractivity contribution < 1.29 is 0 Å². The molecule has 0 saturated heterocycles. The summed E-state index contributed by atoms with van der Waals surface area (Å²) >= 11 is 1.82. The molecule has 0 bridgehead atoms. The second-order valence-corrected chi connectivity index (χ2v) is 8.47. The van der Waals surface area contributed by atoms with Crippen LogP contribution in [0.25, 0.3) is 21.6 Å². The third-order valence-electron chi connectivity index (χ3n) is 5.26. The highest BCUT2D eigenvalue weighted by molar-refractivity contribution is 7.19. The van der Waals surface area contributed by atoms with E-state index in [1.54, 1.807) is 12.4 Å². The van der Waals surface area contributed by atoms with Gasteiger partial charge in [0.05, 0.1) is 5.39 Å². The Bertz CT molecular complexity index is 1110. The lowest BCUT2D eigenvalue weighted by Gasteiger charge is -2.18. The van der Waals surface area contributed by atoms with Crippen molar-refractivity contribution >= 4 is 27.4 Å². The van der Waals surface area contributed by atoms with Gasteiger partial charge in [-0.1, -0.05) is 13.0 Å². The van der Waals surface area contributed by atoms with Crippen molar-refractivity contribution in [2.45, 2.75) is 32.7 Å². The summed E-state index contributed by atoms with van der Waals surface area (Å²) in [5.74, 6) is 2.37. The average Bonchev–Trinajstić information content (AvgIpc) is 3.10. The first-order valence-corrected chi connectivity index (χ1v) is 10.4. The van der Waals surface area contributed by atoms with Gasteiger partial charge in [-0.15, -0.1) is 11.3 Å². The maximum atomic E-state index is 4.91. The van der Waals surface area contributed by atoms with Gasteiger partial charge in [-0.25, -0.2) is 9.97 Å². The molecule has 4 aromatic heterocycles. The third kappa shape index (κ3) is 3.24. The van der Waals surface area contributed by atoms with E-state index in [2.05, 4.69) is 28.3 Å². The van der Waals surface area contributed by atoms with Crippen LogP contribution in [0.5, 0.6) is 0 Å². The van der Waals surface area contributed by atoms with Gasteiger partial charge in [-0.05, 0) is 54.5 Å². The van der Waals surface area contributed by atoms with Crippen LogP contribution in [0.3, 0.4) is 0 Å². The van der Waals surface area contributed by atoms with Crippen molar-refractivity contribution in [3.05, 3.63) is 65.1 Å². The van der Waals surface area contributed by atoms with Crippen molar-refractivity contribution in [3.8, 4) is 11.4 Å². The number of pyridine rings is 2. The van der Waals surface area contributed by atoms with Crippen molar-refractivity contribution in [3.63, 3.8) is 0 Å². The molecular weight excluding hydrogens is 366 g/mol. The minimum atomic E-state index is 0.688. The highest BCUT2D eigenvalue weighted by atomic mass is 32.1. The van der Waals surface area contributed by atoms with Crippen molar-refractivity contribution in [2.75, 3.05) is 5.32 Å². The molecule has 4 aromatic rings. The standard InChI is InChI=1S/C22H21N5S/c1-14-6-7-17-18(10-14)28-22-19(17)21(25-12-15-4-2-8-23-11-15)26-20(27-22)16-5-3-9-24-13-16/h2-5,8-9,11,13-14H,6-7,10,12H2,1H3,(H,25,26,27)/t14-/m1/s1. The molecule has 1 N–H and O–H groups in total. The fraction of sp³-hybridized carbons (Fsp3) is 0.273. The van der Waals surface area contributed by atoms with Crippen LogP contribution < -0.4 is 5.32 Å². The average molecular weight is 388 g/mol. The van der Waals surface area contributed by atoms with Crippen LogP contribution in [0.1, 0.15) is 29.3 Å². The summed E-state index contributed by atoms with van der Waals surface area (Å²) < 4.78 is 0. The number of fused-ring (bicyclic) bond motifs is 3. The van der Waals surface area contributed by atoms with Gasteiger partial charge >= 0.3 is 0 Å². The van der Waals surface area contributed by atoms with E-state index in [1.165, 1.54) is 22.2 Å². The van der Waals surface area contributed by atoms with Crippen LogP contribution in [0.15, 0.2) is 49.1 Å². The molecule has 0 fully saturated rings. The number of thiophene rings is 1. The third-order valence-corrected chi connectivity index (χ3v) is 6.41. The van der Waals surface area contributed by atoms with Crippen LogP contribution in [-0.4, -0.2) is 19.9 Å². The summed E-state index contributed by atoms with van der Waals surface area (Å²) in [4.78, 5) is 20.8. The topological polar surface area (TPSA) is 63.6 Å². The Kier molecular flexibility index (Phi) is 4.49. The maximum Gasteiger partial charge on any atom is 0.164 e. The molecule has 0 radical (unpaired) electrons. The second-order valence-electron chi connectivity index (χ2n) is 7.38. The van der Waals surface area contributed by atoms with E-state index < -0.39 is 0 Å². The van der Waals surface area contributed by atoms with Crippen LogP contribution in [0.2, 0.25) is 0 Å². The number of aryl methyl sites for hydroxylation is 1. The van der Waals surface area contributed by atoms with Crippen molar-refractivity contribution in [1.82, 2.24) is 19.9 Å². The fourth-order valence-corrected chi connectivity index (χ4v) is 5.17. The van der Waals surface area contributed by atoms with Gasteiger partial charge in [0.2, 0.25) is 0 Å². The molecule has 0 unspecified atom stereocenters. The fourth-order valence-electron chi connectivity index (χ4n) is 3.78. The second kappa shape index (κ2) is 7.28. The molecule has 4 heterocycles. The predicted molar refractivity (Wildman–Crippen MR) is 113 cm³/mol. The molecule has 0 spiro atoms. The Balaban J connectivity index is 1.62. The van der Waals surface area contributed by atoms with E-state index in [1.807, 2.05) is 41.9 Å². The number of aromatic nitrogens is 4. The molecule has 1 aliphatic rings. The maximum absolute atomic E-state index is 4.91. The van der Waals surface area contributed by atoms with Crippen LogP contribution in [0, 0.1) is 5.92 Å². The minimum absolute atomic E-state index is 0.688. The number of hydrogen-bond donors (Lipinski definition) is 1. The van der Waals surface area contributed by atoms with Gasteiger partial charge in [0, 0.05) is 41.8 Å². The molecule has 0 aromatic carbocycles. The molecule has 5 nitrogen and oxygen atoms in total. The van der Waals surface area contributed by atoms with Crippen molar-refractivity contribution in [1.29, 1.82) is 0 Å². The van der Waals surface area contributed by atoms with Crippen LogP contribution in [-0.2, 0) is 19.4 Å². The van der Waals surface area contributed by atoms with E-state index in [0.29, 0.717) is 6.54 Å². The molecule has 140 valence electrons. The highest BCUT2D eigenvalue weighted by Gasteiger charge is 2.24. The lowest BCUT2D eigenvalue weighted by molar-refractivity contribution is 0.509. The number of rotatable bonds is 4. The number of anilines is 1. The zero-order valence-electron chi connectivity index (χ0n) is 15.7. The number of nitrogens with zero attached hydrogens (tertiary/aromatic N) is 4. The summed E-state index contributed by atoms with van der Waals surface area (Å²) in [7, 11) is 0. The zero-order chi connectivity index (χ0) is 18.9. The van der Waals surface area contributed by atoms with E-state index in [-0.39, 0.29) is 0 Å². The molecule has 0 saturated carbocycles. The Labute approximate surface area is 167 Å². The highest BCUT2D eigenvalue weighted by Crippen LogP contribution is 2.40. The van der Waals surface area contributed by atoms with E-state index in [0.717, 1.165) is 46.4 Å². The van der Waals surface area contributed by atoms with Crippen molar-refractivity contribution in [2.24, 2.45) is 5.92 Å². The summed E-state index contributed by atoms with van der Waals surface area (Å²) in [5, 5.41) is 4.75. The Hall–Kier alpha value is -2.86. The predicted octanol–water partition coefficient (Wildman–Crippen LogP) is 4.89. The van der Waals surface area contributed by atoms with Gasteiger partial charge < -0.3 is 5.32 Å². The first kappa shape index (κ1) is 17.3. The molecule has 0 aliphatic heterocycles. The minimum Gasteiger partial charge on any atom is -0.365 e. The monoisotopic (exact) mass is 387 g/mol. The summed E-state index contributed by atoms with van der Waals surface area (Å²) in [6, 6.07) is 7.97. The Morgan fingerprint density at radius 3 is 2.75 bits per heavy atom. The lowest BCUT2D eigenvalue weighted by Crippen LogP contribution is -2.10. The van der Waals surface area contributed by atoms with E-state index in [4.69, 9.17) is 9.97 Å². The molecular formula is C22H21N5S. The summed E-state index contributed by atoms with van der Waals surface area (Å²) in [5.41, 5.74) is 3.51. The quantitative estimate of drug-likeness (QED) is 0.540. The Morgan fingerprint density at radius 2 is 1.96 bits per heavy atom. The van der Waals surface area contributed by atoms with Gasteiger partial charge in [-0.2, -0.15) is 0 Å². The SMILES string of the molecule is C[C@@H]1CCc2c(sc3nc(-c4cccnc4)nc(NCc4cccnc4)c23)C1. The van der Waals surface area contributed by atoms with E-state index >= 15 is 0 Å². The van der Waals surface area contributed by atoms with E-state index in [9.17, 15) is 0 Å². The Morgan fingerprint density at radius 1 is 1.11 bits per heavy atom. The van der Waals surface area contributed by atoms with Gasteiger partial charge in [0.1, 0.15) is 10.6 Å². The molecule has 1 atom stereocenters. The zero-order valence-corrected chi connectivity index (χ0v) is 16.5. The number of hydrogen-bond acceptors (Lipinski definition) is 6. The first-order valence-electron chi connectivity index (χ1n) is 9.63. The smallest absolute Gasteiger partial charge is 0.164 e. The largest absolute Gasteiger partial charge is 0.365 e. The molecule has 6 heteroatoms. The lowest BCUT2D eigenvalue weighted by atomic mass is 9.89. The van der Waals surface area contributed by atoms with Gasteiger partial charge in [0.15, 0.2) is 5.82 Å². The number of nitrogens with one attached hydrogen (secondary N) is 1. The molecule has 28 heavy (non-hydrogen) atoms. The van der Waals surface area contributed by atoms with Gasteiger partial charge in [0.25, 0.3) is 0 Å². The van der Waals surface area contributed by atoms with Crippen LogP contribution >= 0.6 is 11.3 Å². The molecule has 5 rings (SSSR count). The normalized spacial score (nSPS) is 16.1. The first-order chi connectivity index (χ1) is 13.8. The summed E-state index contributed by atoms with van der Waals surface area (Å²) in [6.07, 6.45) is 10.7. The van der Waals surface area contributed by atoms with Crippen LogP contribution in [0.4, 0.5) is 5.82 Å². The molecule has 0 amide bonds.